The molecule has 0 saturated heterocycles. The summed E-state index contributed by atoms with van der Waals surface area (Å²) in [6.45, 7) is 3.27. The Morgan fingerprint density at radius 3 is 2.29 bits per heavy atom. The number of benzene rings is 3. The van der Waals surface area contributed by atoms with Crippen LogP contribution in [0.4, 0.5) is 0 Å². The predicted octanol–water partition coefficient (Wildman–Crippen LogP) is 5.45. The Bertz CT molecular complexity index is 1750. The third-order valence-corrected chi connectivity index (χ3v) is 5.69. The van der Waals surface area contributed by atoms with E-state index < -0.39 is 5.60 Å². The molecule has 0 saturated carbocycles. The van der Waals surface area contributed by atoms with Gasteiger partial charge in [-0.15, -0.1) is 0 Å². The highest BCUT2D eigenvalue weighted by Gasteiger charge is 2.19. The van der Waals surface area contributed by atoms with Crippen molar-refractivity contribution in [2.24, 2.45) is 0 Å². The fraction of sp³-hybridized carbons (Fsp3) is 0.111. The van der Waals surface area contributed by atoms with Gasteiger partial charge >= 0.3 is 0 Å². The van der Waals surface area contributed by atoms with Crippen LogP contribution in [0.15, 0.2) is 48.8 Å². The molecule has 162 valence electrons. The van der Waals surface area contributed by atoms with Gasteiger partial charge < -0.3 is 10.1 Å². The molecule has 0 amide bonds. The van der Waals surface area contributed by atoms with Crippen LogP contribution in [0.25, 0.3) is 44.0 Å². The molecule has 2 aromatic heterocycles. The SMILES string of the molecule is CC(C)(O)C#Cc1ccc2c(c1)c1cc(Cl)ccc1c1nc(-c3c(C#N)cncc3C#N)[nH]c21. The van der Waals surface area contributed by atoms with Crippen LogP contribution in [-0.4, -0.2) is 25.7 Å². The van der Waals surface area contributed by atoms with E-state index in [0.717, 1.165) is 32.6 Å². The molecule has 0 atom stereocenters. The van der Waals surface area contributed by atoms with Gasteiger partial charge in [0, 0.05) is 33.8 Å². The maximum Gasteiger partial charge on any atom is 0.141 e. The Hall–Kier alpha value is -4.41. The lowest BCUT2D eigenvalue weighted by Gasteiger charge is -2.08. The third kappa shape index (κ3) is 3.60. The van der Waals surface area contributed by atoms with Crippen molar-refractivity contribution < 1.29 is 5.11 Å². The highest BCUT2D eigenvalue weighted by Crippen LogP contribution is 2.37. The van der Waals surface area contributed by atoms with E-state index in [1.807, 2.05) is 30.3 Å². The number of halogens is 1. The van der Waals surface area contributed by atoms with E-state index in [2.05, 4.69) is 33.9 Å². The largest absolute Gasteiger partial charge is 0.378 e. The van der Waals surface area contributed by atoms with Crippen molar-refractivity contribution in [2.45, 2.75) is 19.4 Å². The van der Waals surface area contributed by atoms with E-state index in [4.69, 9.17) is 16.6 Å². The number of nitriles is 2. The molecule has 0 radical (unpaired) electrons. The highest BCUT2D eigenvalue weighted by atomic mass is 35.5. The first-order chi connectivity index (χ1) is 16.3. The molecule has 5 rings (SSSR count). The van der Waals surface area contributed by atoms with E-state index in [1.165, 1.54) is 12.4 Å². The Morgan fingerprint density at radius 2 is 1.62 bits per heavy atom. The van der Waals surface area contributed by atoms with Gasteiger partial charge in [0.1, 0.15) is 23.6 Å². The highest BCUT2D eigenvalue weighted by molar-refractivity contribution is 6.33. The minimum absolute atomic E-state index is 0.263. The second-order valence-electron chi connectivity index (χ2n) is 8.40. The second kappa shape index (κ2) is 7.87. The van der Waals surface area contributed by atoms with Crippen LogP contribution in [0.2, 0.25) is 5.02 Å². The molecule has 0 unspecified atom stereocenters. The zero-order valence-corrected chi connectivity index (χ0v) is 19.0. The standard InChI is InChI=1S/C27H16ClN5O/c1-27(2,34)8-7-15-3-5-19-21(9-15)22-10-18(28)4-6-20(22)25-24(19)32-26(33-25)23-16(11-29)13-31-14-17(23)12-30/h3-6,9-10,13-14,34H,1-2H3,(H,32,33). The Morgan fingerprint density at radius 1 is 0.941 bits per heavy atom. The van der Waals surface area contributed by atoms with E-state index in [-0.39, 0.29) is 11.1 Å². The zero-order valence-electron chi connectivity index (χ0n) is 18.2. The average Bonchev–Trinajstić information content (AvgIpc) is 3.26. The number of aromatic nitrogens is 3. The van der Waals surface area contributed by atoms with E-state index >= 15 is 0 Å². The molecule has 0 aliphatic heterocycles. The summed E-state index contributed by atoms with van der Waals surface area (Å²) in [5, 5.41) is 33.3. The number of imidazole rings is 1. The molecule has 34 heavy (non-hydrogen) atoms. The summed E-state index contributed by atoms with van der Waals surface area (Å²) in [5.74, 6) is 6.29. The number of hydrogen-bond donors (Lipinski definition) is 2. The van der Waals surface area contributed by atoms with Gasteiger partial charge in [0.2, 0.25) is 0 Å². The number of aliphatic hydroxyl groups is 1. The summed E-state index contributed by atoms with van der Waals surface area (Å²) in [7, 11) is 0. The van der Waals surface area contributed by atoms with Crippen molar-refractivity contribution in [1.29, 1.82) is 10.5 Å². The van der Waals surface area contributed by atoms with E-state index in [0.29, 0.717) is 21.9 Å². The quantitative estimate of drug-likeness (QED) is 0.255. The lowest BCUT2D eigenvalue weighted by Crippen LogP contribution is -2.14. The Labute approximate surface area is 200 Å². The molecular formula is C27H16ClN5O. The topological polar surface area (TPSA) is 109 Å². The van der Waals surface area contributed by atoms with Crippen LogP contribution >= 0.6 is 11.6 Å². The number of aromatic amines is 1. The van der Waals surface area contributed by atoms with Crippen LogP contribution in [-0.2, 0) is 0 Å². The fourth-order valence-electron chi connectivity index (χ4n) is 4.00. The van der Waals surface area contributed by atoms with Gasteiger partial charge in [-0.2, -0.15) is 10.5 Å². The molecule has 7 heteroatoms. The van der Waals surface area contributed by atoms with Crippen LogP contribution in [0.5, 0.6) is 0 Å². The Balaban J connectivity index is 1.88. The molecule has 0 aliphatic carbocycles. The number of rotatable bonds is 1. The van der Waals surface area contributed by atoms with Gasteiger partial charge in [-0.3, -0.25) is 4.98 Å². The van der Waals surface area contributed by atoms with Crippen LogP contribution in [0.1, 0.15) is 30.5 Å². The third-order valence-electron chi connectivity index (χ3n) is 5.46. The van der Waals surface area contributed by atoms with Crippen molar-refractivity contribution in [3.8, 4) is 35.4 Å². The molecule has 3 aromatic carbocycles. The summed E-state index contributed by atoms with van der Waals surface area (Å²) in [6.07, 6.45) is 2.85. The van der Waals surface area contributed by atoms with Crippen molar-refractivity contribution in [2.75, 3.05) is 0 Å². The van der Waals surface area contributed by atoms with Gasteiger partial charge in [-0.1, -0.05) is 35.6 Å². The van der Waals surface area contributed by atoms with E-state index in [1.54, 1.807) is 19.9 Å². The summed E-state index contributed by atoms with van der Waals surface area (Å²) < 4.78 is 0. The van der Waals surface area contributed by atoms with Crippen LogP contribution in [0, 0.1) is 34.5 Å². The number of hydrogen-bond acceptors (Lipinski definition) is 5. The number of nitrogens with one attached hydrogen (secondary N) is 1. The maximum atomic E-state index is 9.98. The van der Waals surface area contributed by atoms with Crippen LogP contribution < -0.4 is 0 Å². The first-order valence-corrected chi connectivity index (χ1v) is 10.8. The molecule has 2 heterocycles. The van der Waals surface area contributed by atoms with Crippen LogP contribution in [0.3, 0.4) is 0 Å². The Kier molecular flexibility index (Phi) is 4.96. The number of pyridine rings is 1. The van der Waals surface area contributed by atoms with Crippen molar-refractivity contribution in [1.82, 2.24) is 15.0 Å². The summed E-state index contributed by atoms with van der Waals surface area (Å²) in [5.41, 5.74) is 2.06. The molecule has 5 aromatic rings. The molecule has 0 aliphatic rings. The molecule has 6 nitrogen and oxygen atoms in total. The lowest BCUT2D eigenvalue weighted by atomic mass is 9.98. The zero-order chi connectivity index (χ0) is 24.0. The van der Waals surface area contributed by atoms with Gasteiger partial charge in [-0.25, -0.2) is 4.98 Å². The van der Waals surface area contributed by atoms with Crippen molar-refractivity contribution >= 4 is 44.2 Å². The molecule has 2 N–H and O–H groups in total. The normalized spacial score (nSPS) is 11.2. The number of fused-ring (bicyclic) bond motifs is 6. The van der Waals surface area contributed by atoms with Gasteiger partial charge in [0.25, 0.3) is 0 Å². The monoisotopic (exact) mass is 461 g/mol. The van der Waals surface area contributed by atoms with Crippen molar-refractivity contribution in [3.05, 3.63) is 70.5 Å². The van der Waals surface area contributed by atoms with Crippen molar-refractivity contribution in [3.63, 3.8) is 0 Å². The first kappa shape index (κ1) is 21.4. The second-order valence-corrected chi connectivity index (χ2v) is 8.84. The predicted molar refractivity (Wildman–Crippen MR) is 132 cm³/mol. The summed E-state index contributed by atoms with van der Waals surface area (Å²) >= 11 is 6.34. The summed E-state index contributed by atoms with van der Waals surface area (Å²) in [6, 6.07) is 15.6. The molecular weight excluding hydrogens is 446 g/mol. The average molecular weight is 462 g/mol. The van der Waals surface area contributed by atoms with E-state index in [9.17, 15) is 15.6 Å². The van der Waals surface area contributed by atoms with Gasteiger partial charge in [-0.05, 0) is 48.9 Å². The minimum Gasteiger partial charge on any atom is -0.378 e. The molecule has 0 fully saturated rings. The molecule has 0 bridgehead atoms. The minimum atomic E-state index is -1.11. The first-order valence-electron chi connectivity index (χ1n) is 10.4. The van der Waals surface area contributed by atoms with Gasteiger partial charge in [0.05, 0.1) is 27.7 Å². The smallest absolute Gasteiger partial charge is 0.141 e. The number of nitrogens with zero attached hydrogens (tertiary/aromatic N) is 4. The van der Waals surface area contributed by atoms with Gasteiger partial charge in [0.15, 0.2) is 0 Å². The summed E-state index contributed by atoms with van der Waals surface area (Å²) in [4.78, 5) is 12.1. The number of H-pyrrole nitrogens is 1. The fourth-order valence-corrected chi connectivity index (χ4v) is 4.17. The maximum absolute atomic E-state index is 9.98. The lowest BCUT2D eigenvalue weighted by molar-refractivity contribution is 0.143. The molecule has 0 spiro atoms.